The number of aromatic nitrogens is 2. The van der Waals surface area contributed by atoms with Crippen molar-refractivity contribution in [2.45, 2.75) is 6.42 Å². The topological polar surface area (TPSA) is 67.0 Å². The second-order valence-electron chi connectivity index (χ2n) is 7.59. The maximum absolute atomic E-state index is 12.3. The second-order valence-corrected chi connectivity index (χ2v) is 7.99. The lowest BCUT2D eigenvalue weighted by atomic mass is 10.0. The third-order valence-electron chi connectivity index (χ3n) is 5.12. The SMILES string of the molecule is C[N+]1(C)CCN(c2nn3ccccc3c2N=C2C=C(Cl)C(=O)CC2=O)CC1. The molecule has 1 saturated heterocycles. The predicted molar refractivity (Wildman–Crippen MR) is 105 cm³/mol. The summed E-state index contributed by atoms with van der Waals surface area (Å²) in [6.07, 6.45) is 2.99. The smallest absolute Gasteiger partial charge is 0.189 e. The van der Waals surface area contributed by atoms with Crippen LogP contribution in [0.3, 0.4) is 0 Å². The first-order chi connectivity index (χ1) is 12.8. The van der Waals surface area contributed by atoms with E-state index in [-0.39, 0.29) is 28.7 Å². The van der Waals surface area contributed by atoms with Crippen molar-refractivity contribution in [1.29, 1.82) is 0 Å². The van der Waals surface area contributed by atoms with Crippen molar-refractivity contribution in [3.8, 4) is 0 Å². The van der Waals surface area contributed by atoms with Crippen LogP contribution in [-0.4, -0.2) is 71.6 Å². The Kier molecular flexibility index (Phi) is 4.36. The molecule has 0 radical (unpaired) electrons. The molecule has 0 saturated carbocycles. The summed E-state index contributed by atoms with van der Waals surface area (Å²) in [4.78, 5) is 30.7. The van der Waals surface area contributed by atoms with Crippen LogP contribution in [0.15, 0.2) is 40.5 Å². The fourth-order valence-electron chi connectivity index (χ4n) is 3.33. The largest absolute Gasteiger partial charge is 0.342 e. The Labute approximate surface area is 162 Å². The summed E-state index contributed by atoms with van der Waals surface area (Å²) in [5, 5.41) is 4.75. The van der Waals surface area contributed by atoms with E-state index in [1.807, 2.05) is 24.4 Å². The molecule has 2 aromatic rings. The monoisotopic (exact) mass is 386 g/mol. The average Bonchev–Trinajstić information content (AvgIpc) is 2.98. The molecule has 0 spiro atoms. The third-order valence-corrected chi connectivity index (χ3v) is 5.43. The van der Waals surface area contributed by atoms with E-state index in [1.165, 1.54) is 6.08 Å². The van der Waals surface area contributed by atoms with E-state index in [9.17, 15) is 9.59 Å². The Morgan fingerprint density at radius 3 is 2.63 bits per heavy atom. The lowest BCUT2D eigenvalue weighted by molar-refractivity contribution is -0.890. The van der Waals surface area contributed by atoms with E-state index in [2.05, 4.69) is 24.0 Å². The van der Waals surface area contributed by atoms with Gasteiger partial charge in [0.05, 0.1) is 57.2 Å². The van der Waals surface area contributed by atoms with Crippen LogP contribution >= 0.6 is 11.6 Å². The molecule has 2 aromatic heterocycles. The molecule has 0 aromatic carbocycles. The van der Waals surface area contributed by atoms with Crippen LogP contribution in [0.4, 0.5) is 11.5 Å². The van der Waals surface area contributed by atoms with Gasteiger partial charge < -0.3 is 9.38 Å². The number of allylic oxidation sites excluding steroid dienone is 2. The number of halogens is 1. The molecule has 4 rings (SSSR count). The summed E-state index contributed by atoms with van der Waals surface area (Å²) >= 11 is 5.95. The number of carbonyl (C=O) groups is 2. The normalized spacial score (nSPS) is 21.8. The van der Waals surface area contributed by atoms with E-state index in [4.69, 9.17) is 16.7 Å². The van der Waals surface area contributed by atoms with Crippen LogP contribution < -0.4 is 4.90 Å². The van der Waals surface area contributed by atoms with Crippen molar-refractivity contribution in [1.82, 2.24) is 9.61 Å². The number of Topliss-reactive ketones (excluding diaryl/α,β-unsaturated/α-hetero) is 2. The molecule has 27 heavy (non-hydrogen) atoms. The number of anilines is 1. The van der Waals surface area contributed by atoms with Crippen LogP contribution in [0, 0.1) is 0 Å². The molecule has 0 atom stereocenters. The molecule has 3 heterocycles. The zero-order valence-corrected chi connectivity index (χ0v) is 16.1. The fraction of sp³-hybridized carbons (Fsp3) is 0.368. The van der Waals surface area contributed by atoms with E-state index in [0.29, 0.717) is 5.69 Å². The highest BCUT2D eigenvalue weighted by Crippen LogP contribution is 2.34. The first-order valence-corrected chi connectivity index (χ1v) is 9.28. The summed E-state index contributed by atoms with van der Waals surface area (Å²) < 4.78 is 2.74. The second kappa shape index (κ2) is 6.58. The number of carbonyl (C=O) groups excluding carboxylic acids is 2. The van der Waals surface area contributed by atoms with Gasteiger partial charge in [0.25, 0.3) is 0 Å². The molecular weight excluding hydrogens is 366 g/mol. The zero-order chi connectivity index (χ0) is 19.2. The Hall–Kier alpha value is -2.51. The minimum atomic E-state index is -0.364. The average molecular weight is 387 g/mol. The zero-order valence-electron chi connectivity index (χ0n) is 15.4. The minimum Gasteiger partial charge on any atom is -0.342 e. The van der Waals surface area contributed by atoms with Gasteiger partial charge in [-0.05, 0) is 18.2 Å². The van der Waals surface area contributed by atoms with Crippen molar-refractivity contribution in [3.05, 3.63) is 35.5 Å². The van der Waals surface area contributed by atoms with Crippen LogP contribution in [0.1, 0.15) is 6.42 Å². The maximum Gasteiger partial charge on any atom is 0.189 e. The van der Waals surface area contributed by atoms with Gasteiger partial charge in [-0.2, -0.15) is 0 Å². The number of hydrogen-bond acceptors (Lipinski definition) is 5. The Morgan fingerprint density at radius 1 is 1.15 bits per heavy atom. The Morgan fingerprint density at radius 2 is 1.89 bits per heavy atom. The number of piperazine rings is 1. The quantitative estimate of drug-likeness (QED) is 0.584. The number of fused-ring (bicyclic) bond motifs is 1. The highest BCUT2D eigenvalue weighted by molar-refractivity contribution is 6.57. The lowest BCUT2D eigenvalue weighted by Gasteiger charge is -2.39. The summed E-state index contributed by atoms with van der Waals surface area (Å²) in [5.41, 5.74) is 1.66. The van der Waals surface area contributed by atoms with Gasteiger partial charge in [-0.1, -0.05) is 17.7 Å². The summed E-state index contributed by atoms with van der Waals surface area (Å²) in [5.74, 6) is 0.0708. The van der Waals surface area contributed by atoms with Crippen LogP contribution in [0.5, 0.6) is 0 Å². The molecule has 140 valence electrons. The van der Waals surface area contributed by atoms with Crippen LogP contribution in [0.2, 0.25) is 0 Å². The molecule has 0 bridgehead atoms. The summed E-state index contributed by atoms with van der Waals surface area (Å²) in [6.45, 7) is 3.72. The molecule has 0 N–H and O–H groups in total. The molecule has 7 nitrogen and oxygen atoms in total. The Bertz CT molecular complexity index is 995. The highest BCUT2D eigenvalue weighted by atomic mass is 35.5. The third kappa shape index (κ3) is 3.40. The molecule has 1 fully saturated rings. The van der Waals surface area contributed by atoms with Gasteiger partial charge in [0.15, 0.2) is 17.4 Å². The van der Waals surface area contributed by atoms with Crippen molar-refractivity contribution >= 4 is 45.9 Å². The van der Waals surface area contributed by atoms with Gasteiger partial charge in [-0.3, -0.25) is 9.59 Å². The highest BCUT2D eigenvalue weighted by Gasteiger charge is 2.29. The molecule has 0 unspecified atom stereocenters. The van der Waals surface area contributed by atoms with Gasteiger partial charge in [-0.15, -0.1) is 5.10 Å². The number of pyridine rings is 1. The molecule has 1 aliphatic carbocycles. The Balaban J connectivity index is 1.81. The molecular formula is C19H21ClN5O2+. The molecule has 0 amide bonds. The minimum absolute atomic E-state index is 0.0448. The number of likely N-dealkylation sites (N-methyl/N-ethyl adjacent to an activating group) is 1. The van der Waals surface area contributed by atoms with E-state index < -0.39 is 0 Å². The van der Waals surface area contributed by atoms with Gasteiger partial charge in [0.2, 0.25) is 0 Å². The first-order valence-electron chi connectivity index (χ1n) is 8.91. The van der Waals surface area contributed by atoms with Gasteiger partial charge >= 0.3 is 0 Å². The van der Waals surface area contributed by atoms with Gasteiger partial charge in [0, 0.05) is 6.20 Å². The van der Waals surface area contributed by atoms with Crippen molar-refractivity contribution in [2.75, 3.05) is 45.2 Å². The number of nitrogens with zero attached hydrogens (tertiary/aromatic N) is 5. The van der Waals surface area contributed by atoms with Gasteiger partial charge in [-0.25, -0.2) is 9.51 Å². The standard InChI is InChI=1S/C19H21ClN5O2/c1-25(2)9-7-23(8-10-25)19-18(15-5-3-4-6-24(15)22-19)21-14-11-13(20)16(26)12-17(14)27/h3-6,11H,7-10,12H2,1-2H3/q+1. The number of quaternary nitrogens is 1. The maximum atomic E-state index is 12.3. The van der Waals surface area contributed by atoms with Crippen molar-refractivity contribution in [2.24, 2.45) is 4.99 Å². The summed E-state index contributed by atoms with van der Waals surface area (Å²) in [6, 6.07) is 5.73. The number of aliphatic imine (C=N–C) groups is 1. The fourth-order valence-corrected chi connectivity index (χ4v) is 3.50. The van der Waals surface area contributed by atoms with Gasteiger partial charge in [0.1, 0.15) is 11.4 Å². The molecule has 1 aliphatic heterocycles. The van der Waals surface area contributed by atoms with Crippen molar-refractivity contribution < 1.29 is 14.1 Å². The van der Waals surface area contributed by atoms with E-state index >= 15 is 0 Å². The number of hydrogen-bond donors (Lipinski definition) is 0. The van der Waals surface area contributed by atoms with Crippen molar-refractivity contribution in [3.63, 3.8) is 0 Å². The summed E-state index contributed by atoms with van der Waals surface area (Å²) in [7, 11) is 4.43. The molecule has 8 heteroatoms. The predicted octanol–water partition coefficient (Wildman–Crippen LogP) is 1.97. The first kappa shape index (κ1) is 17.9. The lowest BCUT2D eigenvalue weighted by Crippen LogP contribution is -2.55. The van der Waals surface area contributed by atoms with Crippen LogP contribution in [0.25, 0.3) is 5.52 Å². The molecule has 2 aliphatic rings. The van der Waals surface area contributed by atoms with Crippen LogP contribution in [-0.2, 0) is 9.59 Å². The van der Waals surface area contributed by atoms with E-state index in [0.717, 1.165) is 42.0 Å². The number of rotatable bonds is 2. The van der Waals surface area contributed by atoms with E-state index in [1.54, 1.807) is 4.52 Å². The number of ketones is 2.